The molecule has 1 amide bonds. The van der Waals surface area contributed by atoms with Gasteiger partial charge in [-0.2, -0.15) is 5.10 Å². The van der Waals surface area contributed by atoms with E-state index in [9.17, 15) is 14.0 Å². The van der Waals surface area contributed by atoms with Crippen LogP contribution in [0.3, 0.4) is 0 Å². The summed E-state index contributed by atoms with van der Waals surface area (Å²) in [5.74, 6) is 0.335. The van der Waals surface area contributed by atoms with Crippen LogP contribution in [0.1, 0.15) is 40.3 Å². The number of hydrogen-bond donors (Lipinski definition) is 3. The number of halogens is 1. The monoisotopic (exact) mass is 710 g/mol. The van der Waals surface area contributed by atoms with Crippen LogP contribution in [0.5, 0.6) is 0 Å². The minimum Gasteiger partial charge on any atom is -0.381 e. The molecule has 3 aromatic heterocycles. The zero-order chi connectivity index (χ0) is 36.3. The summed E-state index contributed by atoms with van der Waals surface area (Å²) in [6.07, 6.45) is 11.0. The van der Waals surface area contributed by atoms with Gasteiger partial charge in [0.2, 0.25) is 0 Å². The highest BCUT2D eigenvalue weighted by atomic mass is 19.1. The summed E-state index contributed by atoms with van der Waals surface area (Å²) in [5.41, 5.74) is 7.94. The van der Waals surface area contributed by atoms with E-state index in [1.165, 1.54) is 12.3 Å². The number of aldehydes is 1. The first-order valence-corrected chi connectivity index (χ1v) is 17.8. The van der Waals surface area contributed by atoms with Gasteiger partial charge >= 0.3 is 0 Å². The number of imidazole rings is 1. The predicted molar refractivity (Wildman–Crippen MR) is 203 cm³/mol. The zero-order valence-corrected chi connectivity index (χ0v) is 29.3. The molecule has 0 saturated carbocycles. The summed E-state index contributed by atoms with van der Waals surface area (Å²) in [6.45, 7) is 5.73. The first-order valence-electron chi connectivity index (χ1n) is 17.8. The van der Waals surface area contributed by atoms with Crippen molar-refractivity contribution in [2.45, 2.75) is 45.5 Å². The number of nitrogens with zero attached hydrogens (tertiary/aromatic N) is 5. The standard InChI is InChI=1S/C41H39FN8O3/c1-26-32-21-29(10-11-37(32)48-47-26)45-41(52)28-9-12-39-38(20-28)46-40(50(39)24-30-15-19-53-30)25-49-16-13-27(14-17-49)35(7-4-5-18-51)43-22-33-31-6-2-3-8-36(31)44-23-34(33)42/h2-13,18,20-21,23,30,43H,14-17,19,22,24-25H2,1H3,(H,45,52)(H,47,48)/b5-4-,35-7-/t30-/m0/s1. The summed E-state index contributed by atoms with van der Waals surface area (Å²) in [7, 11) is 0. The van der Waals surface area contributed by atoms with Crippen LogP contribution < -0.4 is 10.6 Å². The van der Waals surface area contributed by atoms with Crippen LogP contribution in [0.2, 0.25) is 0 Å². The van der Waals surface area contributed by atoms with Gasteiger partial charge in [-0.3, -0.25) is 24.6 Å². The van der Waals surface area contributed by atoms with Crippen molar-refractivity contribution in [2.24, 2.45) is 0 Å². The molecule has 268 valence electrons. The quantitative estimate of drug-likeness (QED) is 0.0745. The van der Waals surface area contributed by atoms with Gasteiger partial charge in [0.05, 0.1) is 47.5 Å². The predicted octanol–water partition coefficient (Wildman–Crippen LogP) is 6.51. The Balaban J connectivity index is 0.998. The lowest BCUT2D eigenvalue weighted by atomic mass is 10.0. The van der Waals surface area contributed by atoms with Gasteiger partial charge in [0.1, 0.15) is 17.9 Å². The van der Waals surface area contributed by atoms with E-state index in [-0.39, 0.29) is 24.4 Å². The SMILES string of the molecule is Cc1[nH]nc2ccc(NC(=O)c3ccc4c(c3)nc(CN3CC=C(/C(=C/C=C\C=O)NCc5c(F)cnc6ccccc56)CC3)n4C[C@@H]3CCO3)cc12. The second-order valence-electron chi connectivity index (χ2n) is 13.4. The van der Waals surface area contributed by atoms with Gasteiger partial charge in [-0.1, -0.05) is 30.4 Å². The van der Waals surface area contributed by atoms with Gasteiger partial charge in [0, 0.05) is 65.2 Å². The van der Waals surface area contributed by atoms with Crippen molar-refractivity contribution in [3.8, 4) is 0 Å². The second kappa shape index (κ2) is 14.9. The number of pyridine rings is 1. The van der Waals surface area contributed by atoms with Crippen LogP contribution in [0.4, 0.5) is 10.1 Å². The fourth-order valence-electron chi connectivity index (χ4n) is 7.01. The lowest BCUT2D eigenvalue weighted by Crippen LogP contribution is -2.34. The third kappa shape index (κ3) is 7.24. The van der Waals surface area contributed by atoms with Gasteiger partial charge in [0.25, 0.3) is 5.91 Å². The molecule has 1 fully saturated rings. The number of H-pyrrole nitrogens is 1. The molecular formula is C41H39FN8O3. The maximum atomic E-state index is 14.9. The zero-order valence-electron chi connectivity index (χ0n) is 29.3. The molecule has 12 heteroatoms. The number of carbonyl (C=O) groups excluding carboxylic acids is 2. The average molecular weight is 711 g/mol. The number of ether oxygens (including phenoxy) is 1. The maximum absolute atomic E-state index is 14.9. The third-order valence-corrected chi connectivity index (χ3v) is 10.0. The van der Waals surface area contributed by atoms with Gasteiger partial charge in [0.15, 0.2) is 0 Å². The summed E-state index contributed by atoms with van der Waals surface area (Å²) < 4.78 is 23.0. The summed E-state index contributed by atoms with van der Waals surface area (Å²) in [5, 5.41) is 15.4. The van der Waals surface area contributed by atoms with E-state index in [1.807, 2.05) is 73.7 Å². The van der Waals surface area contributed by atoms with Gasteiger partial charge in [-0.05, 0) is 80.0 Å². The Morgan fingerprint density at radius 3 is 2.77 bits per heavy atom. The Morgan fingerprint density at radius 2 is 1.96 bits per heavy atom. The number of rotatable bonds is 12. The molecule has 0 radical (unpaired) electrons. The fraction of sp³-hybridized carbons (Fsp3) is 0.244. The van der Waals surface area contributed by atoms with Gasteiger partial charge in [-0.15, -0.1) is 0 Å². The normalized spacial score (nSPS) is 16.7. The second-order valence-corrected chi connectivity index (χ2v) is 13.4. The lowest BCUT2D eigenvalue weighted by molar-refractivity contribution is -0.104. The van der Waals surface area contributed by atoms with Crippen molar-refractivity contribution < 1.29 is 18.7 Å². The molecule has 5 heterocycles. The molecule has 53 heavy (non-hydrogen) atoms. The van der Waals surface area contributed by atoms with Crippen molar-refractivity contribution in [3.63, 3.8) is 0 Å². The number of allylic oxidation sites excluding steroid dienone is 4. The fourth-order valence-corrected chi connectivity index (χ4v) is 7.01. The summed E-state index contributed by atoms with van der Waals surface area (Å²) >= 11 is 0. The largest absolute Gasteiger partial charge is 0.381 e. The highest BCUT2D eigenvalue weighted by Crippen LogP contribution is 2.27. The highest BCUT2D eigenvalue weighted by molar-refractivity contribution is 6.06. The number of hydrogen-bond acceptors (Lipinski definition) is 8. The molecule has 2 aliphatic rings. The molecule has 1 atom stereocenters. The molecule has 0 unspecified atom stereocenters. The van der Waals surface area contributed by atoms with E-state index < -0.39 is 0 Å². The van der Waals surface area contributed by atoms with Crippen LogP contribution in [0, 0.1) is 12.7 Å². The maximum Gasteiger partial charge on any atom is 0.255 e. The van der Waals surface area contributed by atoms with E-state index in [4.69, 9.17) is 9.72 Å². The molecule has 3 aromatic carbocycles. The minimum atomic E-state index is -0.368. The van der Waals surface area contributed by atoms with Gasteiger partial charge < -0.3 is 19.9 Å². The minimum absolute atomic E-state index is 0.129. The van der Waals surface area contributed by atoms with E-state index >= 15 is 0 Å². The van der Waals surface area contributed by atoms with Crippen molar-refractivity contribution in [2.75, 3.05) is 25.0 Å². The lowest BCUT2D eigenvalue weighted by Gasteiger charge is -2.30. The molecule has 3 N–H and O–H groups in total. The average Bonchev–Trinajstić information content (AvgIpc) is 3.70. The number of nitrogens with one attached hydrogen (secondary N) is 3. The topological polar surface area (TPSA) is 130 Å². The van der Waals surface area contributed by atoms with E-state index in [2.05, 4.69) is 41.4 Å². The number of fused-ring (bicyclic) bond motifs is 3. The Kier molecular flexibility index (Phi) is 9.62. The first kappa shape index (κ1) is 34.1. The molecule has 0 bridgehead atoms. The molecule has 6 aromatic rings. The third-order valence-electron chi connectivity index (χ3n) is 10.0. The molecule has 1 saturated heterocycles. The van der Waals surface area contributed by atoms with Crippen LogP contribution in [-0.2, 0) is 29.2 Å². The highest BCUT2D eigenvalue weighted by Gasteiger charge is 2.24. The van der Waals surface area contributed by atoms with Crippen molar-refractivity contribution in [1.82, 2.24) is 34.9 Å². The van der Waals surface area contributed by atoms with E-state index in [0.29, 0.717) is 36.4 Å². The molecule has 8 rings (SSSR count). The number of aryl methyl sites for hydroxylation is 1. The van der Waals surface area contributed by atoms with Crippen LogP contribution >= 0.6 is 0 Å². The van der Waals surface area contributed by atoms with Crippen LogP contribution in [0.15, 0.2) is 102 Å². The van der Waals surface area contributed by atoms with Crippen LogP contribution in [0.25, 0.3) is 32.8 Å². The Labute approximate surface area is 305 Å². The molecule has 0 aliphatic carbocycles. The number of anilines is 1. The number of amides is 1. The number of para-hydroxylation sites is 1. The molecule has 0 spiro atoms. The Bertz CT molecular complexity index is 2440. The summed E-state index contributed by atoms with van der Waals surface area (Å²) in [4.78, 5) is 36.0. The summed E-state index contributed by atoms with van der Waals surface area (Å²) in [6, 6.07) is 18.8. The van der Waals surface area contributed by atoms with Crippen molar-refractivity contribution >= 4 is 50.7 Å². The molecule has 11 nitrogen and oxygen atoms in total. The number of carbonyl (C=O) groups is 2. The van der Waals surface area contributed by atoms with E-state index in [1.54, 1.807) is 6.08 Å². The molecular weight excluding hydrogens is 672 g/mol. The smallest absolute Gasteiger partial charge is 0.255 e. The number of aromatic nitrogens is 5. The Hall–Kier alpha value is -5.98. The van der Waals surface area contributed by atoms with Crippen molar-refractivity contribution in [3.05, 3.63) is 131 Å². The molecule has 2 aliphatic heterocycles. The first-order chi connectivity index (χ1) is 25.9. The van der Waals surface area contributed by atoms with E-state index in [0.717, 1.165) is 87.9 Å². The number of benzene rings is 3. The number of aromatic amines is 1. The van der Waals surface area contributed by atoms with Gasteiger partial charge in [-0.25, -0.2) is 9.37 Å². The Morgan fingerprint density at radius 1 is 1.08 bits per heavy atom. The van der Waals surface area contributed by atoms with Crippen molar-refractivity contribution in [1.29, 1.82) is 0 Å². The van der Waals surface area contributed by atoms with Crippen LogP contribution in [-0.4, -0.2) is 67.6 Å².